The molecule has 0 saturated heterocycles. The largest absolute Gasteiger partial charge is 0.348 e. The van der Waals surface area contributed by atoms with Crippen molar-refractivity contribution in [3.8, 4) is 0 Å². The highest BCUT2D eigenvalue weighted by atomic mass is 35.5. The standard InChI is InChI=1S/C13H16FN3O2.ClH/c1-7(6-15)16-13(19)9-4-8-2-3-12(18)17-11(8)5-10(9)14;/h4-5,7H,2-3,6,15H2,1H3,(H,16,19)(H,17,18);1H/t7-;/m1./s1. The lowest BCUT2D eigenvalue weighted by molar-refractivity contribution is -0.116. The Hall–Kier alpha value is -1.66. The molecule has 5 nitrogen and oxygen atoms in total. The molecule has 20 heavy (non-hydrogen) atoms. The molecular formula is C13H17ClFN3O2. The fourth-order valence-corrected chi connectivity index (χ4v) is 1.94. The van der Waals surface area contributed by atoms with E-state index in [1.54, 1.807) is 6.92 Å². The van der Waals surface area contributed by atoms with Crippen molar-refractivity contribution in [3.05, 3.63) is 29.1 Å². The van der Waals surface area contributed by atoms with Gasteiger partial charge in [-0.05, 0) is 31.0 Å². The van der Waals surface area contributed by atoms with Crippen LogP contribution in [0.15, 0.2) is 12.1 Å². The molecule has 1 aromatic carbocycles. The molecule has 7 heteroatoms. The van der Waals surface area contributed by atoms with Crippen molar-refractivity contribution in [3.63, 3.8) is 0 Å². The average molecular weight is 302 g/mol. The van der Waals surface area contributed by atoms with Crippen LogP contribution < -0.4 is 16.4 Å². The number of fused-ring (bicyclic) bond motifs is 1. The number of hydrogen-bond acceptors (Lipinski definition) is 3. The first-order chi connectivity index (χ1) is 9.01. The summed E-state index contributed by atoms with van der Waals surface area (Å²) in [6, 6.07) is 2.46. The molecule has 1 aliphatic heterocycles. The van der Waals surface area contributed by atoms with Crippen LogP contribution in [0.5, 0.6) is 0 Å². The van der Waals surface area contributed by atoms with E-state index in [2.05, 4.69) is 10.6 Å². The Labute approximate surface area is 122 Å². The summed E-state index contributed by atoms with van der Waals surface area (Å²) in [6.07, 6.45) is 0.854. The maximum Gasteiger partial charge on any atom is 0.254 e. The molecule has 0 fully saturated rings. The summed E-state index contributed by atoms with van der Waals surface area (Å²) in [6.45, 7) is 2.03. The average Bonchev–Trinajstić information content (AvgIpc) is 2.37. The smallest absolute Gasteiger partial charge is 0.254 e. The van der Waals surface area contributed by atoms with Crippen molar-refractivity contribution in [2.75, 3.05) is 11.9 Å². The topological polar surface area (TPSA) is 84.2 Å². The van der Waals surface area contributed by atoms with Gasteiger partial charge in [-0.1, -0.05) is 0 Å². The number of aryl methyl sites for hydroxylation is 1. The maximum absolute atomic E-state index is 13.9. The molecule has 1 aliphatic rings. The van der Waals surface area contributed by atoms with Crippen LogP contribution in [0.25, 0.3) is 0 Å². The second kappa shape index (κ2) is 6.67. The lowest BCUT2D eigenvalue weighted by Crippen LogP contribution is -2.38. The van der Waals surface area contributed by atoms with E-state index in [1.165, 1.54) is 12.1 Å². The molecule has 4 N–H and O–H groups in total. The summed E-state index contributed by atoms with van der Waals surface area (Å²) in [7, 11) is 0. The monoisotopic (exact) mass is 301 g/mol. The van der Waals surface area contributed by atoms with Gasteiger partial charge in [0, 0.05) is 24.7 Å². The van der Waals surface area contributed by atoms with Gasteiger partial charge in [-0.15, -0.1) is 12.4 Å². The molecule has 0 spiro atoms. The van der Waals surface area contributed by atoms with Crippen LogP contribution in [0.4, 0.5) is 10.1 Å². The number of nitrogens with one attached hydrogen (secondary N) is 2. The van der Waals surface area contributed by atoms with E-state index in [0.29, 0.717) is 18.5 Å². The van der Waals surface area contributed by atoms with Crippen molar-refractivity contribution < 1.29 is 14.0 Å². The van der Waals surface area contributed by atoms with E-state index in [0.717, 1.165) is 5.56 Å². The molecule has 0 saturated carbocycles. The zero-order valence-corrected chi connectivity index (χ0v) is 11.8. The predicted octanol–water partition coefficient (Wildman–Crippen LogP) is 1.21. The van der Waals surface area contributed by atoms with Gasteiger partial charge in [0.2, 0.25) is 5.91 Å². The van der Waals surface area contributed by atoms with Crippen molar-refractivity contribution >= 4 is 29.9 Å². The first-order valence-corrected chi connectivity index (χ1v) is 6.14. The van der Waals surface area contributed by atoms with E-state index in [1.807, 2.05) is 0 Å². The highest BCUT2D eigenvalue weighted by Gasteiger charge is 2.21. The van der Waals surface area contributed by atoms with Gasteiger partial charge in [-0.2, -0.15) is 0 Å². The van der Waals surface area contributed by atoms with Crippen LogP contribution >= 0.6 is 12.4 Å². The van der Waals surface area contributed by atoms with Gasteiger partial charge in [0.05, 0.1) is 5.56 Å². The van der Waals surface area contributed by atoms with E-state index in [4.69, 9.17) is 5.73 Å². The third-order valence-electron chi connectivity index (χ3n) is 3.06. The van der Waals surface area contributed by atoms with E-state index < -0.39 is 11.7 Å². The van der Waals surface area contributed by atoms with Gasteiger partial charge in [0.15, 0.2) is 0 Å². The molecule has 1 heterocycles. The number of carbonyl (C=O) groups excluding carboxylic acids is 2. The number of rotatable bonds is 3. The third-order valence-corrected chi connectivity index (χ3v) is 3.06. The van der Waals surface area contributed by atoms with Crippen LogP contribution in [-0.4, -0.2) is 24.4 Å². The first-order valence-electron chi connectivity index (χ1n) is 6.14. The molecule has 1 aromatic rings. The summed E-state index contributed by atoms with van der Waals surface area (Å²) >= 11 is 0. The first kappa shape index (κ1) is 16.4. The number of nitrogens with two attached hydrogens (primary N) is 1. The highest BCUT2D eigenvalue weighted by molar-refractivity contribution is 5.98. The van der Waals surface area contributed by atoms with Gasteiger partial charge in [-0.25, -0.2) is 4.39 Å². The van der Waals surface area contributed by atoms with Crippen molar-refractivity contribution in [2.24, 2.45) is 5.73 Å². The van der Waals surface area contributed by atoms with E-state index in [9.17, 15) is 14.0 Å². The third kappa shape index (κ3) is 3.46. The number of amides is 2. The maximum atomic E-state index is 13.9. The minimum absolute atomic E-state index is 0. The molecule has 2 amide bonds. The highest BCUT2D eigenvalue weighted by Crippen LogP contribution is 2.25. The number of carbonyl (C=O) groups is 2. The fourth-order valence-electron chi connectivity index (χ4n) is 1.94. The number of benzene rings is 1. The molecule has 2 rings (SSSR count). The molecule has 0 bridgehead atoms. The number of anilines is 1. The van der Waals surface area contributed by atoms with Gasteiger partial charge in [0.25, 0.3) is 5.91 Å². The van der Waals surface area contributed by atoms with Crippen LogP contribution in [-0.2, 0) is 11.2 Å². The van der Waals surface area contributed by atoms with Crippen LogP contribution in [0, 0.1) is 5.82 Å². The fraction of sp³-hybridized carbons (Fsp3) is 0.385. The van der Waals surface area contributed by atoms with Crippen molar-refractivity contribution in [2.45, 2.75) is 25.8 Å². The van der Waals surface area contributed by atoms with Crippen LogP contribution in [0.1, 0.15) is 29.3 Å². The van der Waals surface area contributed by atoms with Gasteiger partial charge in [0.1, 0.15) is 5.82 Å². The van der Waals surface area contributed by atoms with Gasteiger partial charge in [-0.3, -0.25) is 9.59 Å². The second-order valence-corrected chi connectivity index (χ2v) is 4.65. The SMILES string of the molecule is C[C@H](CN)NC(=O)c1cc2c(cc1F)NC(=O)CC2.Cl. The van der Waals surface area contributed by atoms with Crippen molar-refractivity contribution in [1.29, 1.82) is 0 Å². The Morgan fingerprint density at radius 2 is 2.20 bits per heavy atom. The van der Waals surface area contributed by atoms with Gasteiger partial charge >= 0.3 is 0 Å². The Kier molecular flexibility index (Phi) is 5.47. The Bertz CT molecular complexity index is 537. The van der Waals surface area contributed by atoms with Gasteiger partial charge < -0.3 is 16.4 Å². The van der Waals surface area contributed by atoms with E-state index >= 15 is 0 Å². The van der Waals surface area contributed by atoms with Crippen molar-refractivity contribution in [1.82, 2.24) is 5.32 Å². The predicted molar refractivity (Wildman–Crippen MR) is 76.6 cm³/mol. The normalized spacial score (nSPS) is 14.7. The molecule has 1 atom stereocenters. The zero-order chi connectivity index (χ0) is 14.0. The minimum atomic E-state index is -0.650. The van der Waals surface area contributed by atoms with Crippen LogP contribution in [0.2, 0.25) is 0 Å². The summed E-state index contributed by atoms with van der Waals surface area (Å²) < 4.78 is 13.9. The molecule has 0 aromatic heterocycles. The van der Waals surface area contributed by atoms with Crippen LogP contribution in [0.3, 0.4) is 0 Å². The Morgan fingerprint density at radius 3 is 2.85 bits per heavy atom. The molecule has 110 valence electrons. The summed E-state index contributed by atoms with van der Waals surface area (Å²) in [5.74, 6) is -1.28. The number of halogens is 2. The Balaban J connectivity index is 0.00000200. The molecule has 0 unspecified atom stereocenters. The summed E-state index contributed by atoms with van der Waals surface area (Å²) in [5.41, 5.74) is 6.60. The molecule has 0 aliphatic carbocycles. The van der Waals surface area contributed by atoms with E-state index in [-0.39, 0.29) is 36.5 Å². The lowest BCUT2D eigenvalue weighted by atomic mass is 9.99. The number of hydrogen-bond donors (Lipinski definition) is 3. The molecular weight excluding hydrogens is 285 g/mol. The quantitative estimate of drug-likeness (QED) is 0.784. The molecule has 0 radical (unpaired) electrons. The summed E-state index contributed by atoms with van der Waals surface area (Å²) in [5, 5.41) is 5.20. The minimum Gasteiger partial charge on any atom is -0.348 e. The summed E-state index contributed by atoms with van der Waals surface area (Å²) in [4.78, 5) is 23.1. The zero-order valence-electron chi connectivity index (χ0n) is 11.0. The lowest BCUT2D eigenvalue weighted by Gasteiger charge is -2.18. The second-order valence-electron chi connectivity index (χ2n) is 4.65. The Morgan fingerprint density at radius 1 is 1.50 bits per heavy atom.